The molecule has 2 aromatic heterocycles. The molecule has 0 radical (unpaired) electrons. The molecule has 2 nitrogen and oxygen atoms in total. The second-order valence-electron chi connectivity index (χ2n) is 16.6. The molecule has 0 atom stereocenters. The van der Waals surface area contributed by atoms with Crippen LogP contribution in [0.1, 0.15) is 25.0 Å². The zero-order chi connectivity index (χ0) is 40.0. The highest BCUT2D eigenvalue weighted by Gasteiger charge is 2.36. The number of benzene rings is 9. The van der Waals surface area contributed by atoms with E-state index in [1.807, 2.05) is 17.4 Å². The monoisotopic (exact) mass is 782 g/mol. The normalized spacial score (nSPS) is 13.0. The van der Waals surface area contributed by atoms with Gasteiger partial charge >= 0.3 is 0 Å². The average Bonchev–Trinajstić information content (AvgIpc) is 3.79. The summed E-state index contributed by atoms with van der Waals surface area (Å²) in [6.45, 7) is 4.71. The van der Waals surface area contributed by atoms with Gasteiger partial charge in [-0.2, -0.15) is 0 Å². The van der Waals surface area contributed by atoms with Crippen LogP contribution in [-0.2, 0) is 5.41 Å². The Morgan fingerprint density at radius 3 is 1.83 bits per heavy atom. The van der Waals surface area contributed by atoms with E-state index < -0.39 is 0 Å². The molecule has 3 heteroatoms. The van der Waals surface area contributed by atoms with Gasteiger partial charge in [-0.15, -0.1) is 11.3 Å². The van der Waals surface area contributed by atoms with Crippen molar-refractivity contribution in [3.05, 3.63) is 205 Å². The van der Waals surface area contributed by atoms with E-state index in [2.05, 4.69) is 202 Å². The summed E-state index contributed by atoms with van der Waals surface area (Å²) in [6.07, 6.45) is 0. The van der Waals surface area contributed by atoms with E-state index in [4.69, 9.17) is 9.97 Å². The van der Waals surface area contributed by atoms with Crippen LogP contribution in [0, 0.1) is 0 Å². The van der Waals surface area contributed by atoms with Crippen molar-refractivity contribution in [3.8, 4) is 67.3 Å². The Morgan fingerprint density at radius 2 is 1.00 bits per heavy atom. The molecule has 1 aliphatic rings. The van der Waals surface area contributed by atoms with E-state index in [0.717, 1.165) is 33.6 Å². The third kappa shape index (κ3) is 5.61. The number of hydrogen-bond donors (Lipinski definition) is 0. The van der Waals surface area contributed by atoms with Gasteiger partial charge in [0.25, 0.3) is 0 Å². The summed E-state index contributed by atoms with van der Waals surface area (Å²) >= 11 is 1.87. The summed E-state index contributed by atoms with van der Waals surface area (Å²) in [7, 11) is 0. The topological polar surface area (TPSA) is 25.8 Å². The molecule has 0 spiro atoms. The van der Waals surface area contributed by atoms with E-state index in [1.54, 1.807) is 0 Å². The summed E-state index contributed by atoms with van der Waals surface area (Å²) in [4.78, 5) is 10.7. The second-order valence-corrected chi connectivity index (χ2v) is 17.7. The van der Waals surface area contributed by atoms with Gasteiger partial charge in [-0.05, 0) is 121 Å². The zero-order valence-electron chi connectivity index (χ0n) is 33.3. The molecule has 282 valence electrons. The Labute approximate surface area is 353 Å². The van der Waals surface area contributed by atoms with Gasteiger partial charge in [0.15, 0.2) is 5.82 Å². The van der Waals surface area contributed by atoms with Crippen molar-refractivity contribution in [3.63, 3.8) is 0 Å². The number of hydrogen-bond acceptors (Lipinski definition) is 3. The third-order valence-corrected chi connectivity index (χ3v) is 13.8. The first-order valence-corrected chi connectivity index (χ1v) is 21.4. The highest BCUT2D eigenvalue weighted by Crippen LogP contribution is 2.51. The third-order valence-electron chi connectivity index (χ3n) is 12.6. The molecule has 0 saturated heterocycles. The predicted octanol–water partition coefficient (Wildman–Crippen LogP) is 15.8. The molecule has 0 aliphatic heterocycles. The Hall–Kier alpha value is -7.20. The minimum Gasteiger partial charge on any atom is -0.228 e. The van der Waals surface area contributed by atoms with Gasteiger partial charge in [0.2, 0.25) is 0 Å². The van der Waals surface area contributed by atoms with Crippen molar-refractivity contribution in [2.75, 3.05) is 0 Å². The summed E-state index contributed by atoms with van der Waals surface area (Å²) in [5.74, 6) is 0.710. The van der Waals surface area contributed by atoms with Crippen molar-refractivity contribution in [1.29, 1.82) is 0 Å². The van der Waals surface area contributed by atoms with Crippen LogP contribution in [0.25, 0.3) is 109 Å². The molecule has 11 aromatic rings. The molecule has 1 aliphatic carbocycles. The van der Waals surface area contributed by atoms with E-state index in [0.29, 0.717) is 5.82 Å². The van der Waals surface area contributed by atoms with Gasteiger partial charge in [-0.1, -0.05) is 153 Å². The lowest BCUT2D eigenvalue weighted by Gasteiger charge is -2.22. The first-order chi connectivity index (χ1) is 29.4. The lowest BCUT2D eigenvalue weighted by molar-refractivity contribution is 0.661. The van der Waals surface area contributed by atoms with Gasteiger partial charge in [0.05, 0.1) is 11.4 Å². The van der Waals surface area contributed by atoms with Gasteiger partial charge in [-0.3, -0.25) is 0 Å². The quantitative estimate of drug-likeness (QED) is 0.174. The first kappa shape index (κ1) is 34.8. The largest absolute Gasteiger partial charge is 0.228 e. The maximum Gasteiger partial charge on any atom is 0.160 e. The summed E-state index contributed by atoms with van der Waals surface area (Å²) in [5.41, 5.74) is 14.8. The highest BCUT2D eigenvalue weighted by molar-refractivity contribution is 7.26. The fourth-order valence-electron chi connectivity index (χ4n) is 9.48. The van der Waals surface area contributed by atoms with Crippen molar-refractivity contribution < 1.29 is 0 Å². The number of fused-ring (bicyclic) bond motifs is 8. The van der Waals surface area contributed by atoms with Crippen LogP contribution < -0.4 is 0 Å². The number of rotatable bonds is 5. The highest BCUT2D eigenvalue weighted by atomic mass is 32.1. The Bertz CT molecular complexity index is 3520. The number of aromatic nitrogens is 2. The molecule has 0 bridgehead atoms. The maximum atomic E-state index is 5.37. The molecule has 12 rings (SSSR count). The van der Waals surface area contributed by atoms with Gasteiger partial charge in [0, 0.05) is 42.3 Å². The Balaban J connectivity index is 1.07. The fourth-order valence-corrected chi connectivity index (χ4v) is 10.7. The van der Waals surface area contributed by atoms with Crippen LogP contribution in [0.4, 0.5) is 0 Å². The van der Waals surface area contributed by atoms with Crippen molar-refractivity contribution in [1.82, 2.24) is 9.97 Å². The zero-order valence-corrected chi connectivity index (χ0v) is 34.1. The van der Waals surface area contributed by atoms with E-state index in [-0.39, 0.29) is 5.41 Å². The molecule has 0 amide bonds. The lowest BCUT2D eigenvalue weighted by Crippen LogP contribution is -2.15. The first-order valence-electron chi connectivity index (χ1n) is 20.6. The molecule has 60 heavy (non-hydrogen) atoms. The molecule has 0 saturated carbocycles. The number of thiophene rings is 1. The van der Waals surface area contributed by atoms with Crippen molar-refractivity contribution >= 4 is 53.1 Å². The Morgan fingerprint density at radius 1 is 0.367 bits per heavy atom. The summed E-state index contributed by atoms with van der Waals surface area (Å²) in [6, 6.07) is 70.8. The molecular formula is C57H38N2S. The summed E-state index contributed by atoms with van der Waals surface area (Å²) in [5, 5.41) is 7.59. The average molecular weight is 783 g/mol. The molecule has 9 aromatic carbocycles. The van der Waals surface area contributed by atoms with E-state index >= 15 is 0 Å². The molecule has 0 N–H and O–H groups in total. The Kier molecular flexibility index (Phi) is 7.79. The van der Waals surface area contributed by atoms with Gasteiger partial charge in [0.1, 0.15) is 0 Å². The number of nitrogens with zero attached hydrogens (tertiary/aromatic N) is 2. The van der Waals surface area contributed by atoms with Crippen LogP contribution in [-0.4, -0.2) is 9.97 Å². The molecule has 0 fully saturated rings. The smallest absolute Gasteiger partial charge is 0.160 e. The van der Waals surface area contributed by atoms with Crippen molar-refractivity contribution in [2.45, 2.75) is 19.3 Å². The van der Waals surface area contributed by atoms with E-state index in [1.165, 1.54) is 80.7 Å². The molecule has 2 heterocycles. The van der Waals surface area contributed by atoms with Crippen LogP contribution >= 0.6 is 11.3 Å². The standard InChI is InChI=1S/C57H38N2S/c1-57(2)50-33-41(25-26-46(50)49-31-38-17-8-9-18-39(38)32-51(49)57)52-34-53(59-56(58-52)36-14-4-3-5-15-36)44-29-42(40-24-23-35-13-6-7-16-37(35)27-40)28-43(30-44)45-20-12-21-48-47-19-10-11-22-54(47)60-55(45)48/h3-34H,1-2H3. The van der Waals surface area contributed by atoms with E-state index in [9.17, 15) is 0 Å². The molecular weight excluding hydrogens is 745 g/mol. The van der Waals surface area contributed by atoms with Gasteiger partial charge in [-0.25, -0.2) is 9.97 Å². The van der Waals surface area contributed by atoms with Crippen molar-refractivity contribution in [2.24, 2.45) is 0 Å². The lowest BCUT2D eigenvalue weighted by atomic mass is 9.81. The van der Waals surface area contributed by atoms with Crippen LogP contribution in [0.2, 0.25) is 0 Å². The van der Waals surface area contributed by atoms with Crippen LogP contribution in [0.5, 0.6) is 0 Å². The molecule has 0 unspecified atom stereocenters. The second kappa shape index (κ2) is 13.4. The van der Waals surface area contributed by atoms with Crippen LogP contribution in [0.15, 0.2) is 194 Å². The SMILES string of the molecule is CC1(C)c2cc(-c3cc(-c4cc(-c5ccc6ccccc6c5)cc(-c5cccc6c5sc5ccccc56)c4)nc(-c4ccccc4)n3)ccc2-c2cc3ccccc3cc21. The predicted molar refractivity (Wildman–Crippen MR) is 255 cm³/mol. The fraction of sp³-hybridized carbons (Fsp3) is 0.0526. The summed E-state index contributed by atoms with van der Waals surface area (Å²) < 4.78 is 2.59. The van der Waals surface area contributed by atoms with Gasteiger partial charge < -0.3 is 0 Å². The minimum absolute atomic E-state index is 0.167. The minimum atomic E-state index is -0.167. The van der Waals surface area contributed by atoms with Crippen LogP contribution in [0.3, 0.4) is 0 Å². The maximum absolute atomic E-state index is 5.37.